The fourth-order valence-corrected chi connectivity index (χ4v) is 5.31. The molecule has 3 heterocycles. The predicted octanol–water partition coefficient (Wildman–Crippen LogP) is 2.47. The van der Waals surface area contributed by atoms with Gasteiger partial charge in [-0.25, -0.2) is 13.4 Å². The normalized spacial score (nSPS) is 15.4. The van der Waals surface area contributed by atoms with Crippen molar-refractivity contribution >= 4 is 43.7 Å². The molecule has 0 saturated heterocycles. The third-order valence-corrected chi connectivity index (χ3v) is 7.50. The van der Waals surface area contributed by atoms with Crippen molar-refractivity contribution < 1.29 is 13.2 Å². The fraction of sp³-hybridized carbons (Fsp3) is 0.429. The van der Waals surface area contributed by atoms with Gasteiger partial charge in [0.1, 0.15) is 0 Å². The van der Waals surface area contributed by atoms with Gasteiger partial charge in [0.2, 0.25) is 10.0 Å². The van der Waals surface area contributed by atoms with Gasteiger partial charge in [-0.15, -0.1) is 22.7 Å². The molecular weight excluding hydrogens is 354 g/mol. The van der Waals surface area contributed by atoms with Gasteiger partial charge in [-0.05, 0) is 30.9 Å². The Bertz CT molecular complexity index is 839. The third-order valence-electron chi connectivity index (χ3n) is 3.63. The predicted molar refractivity (Wildman–Crippen MR) is 92.7 cm³/mol. The topological polar surface area (TPSA) is 79.4 Å². The molecule has 2 aromatic rings. The Kier molecular flexibility index (Phi) is 4.54. The minimum Gasteiger partial charge on any atom is -0.297 e. The molecule has 0 fully saturated rings. The van der Waals surface area contributed by atoms with Crippen LogP contribution in [0.4, 0.5) is 5.13 Å². The van der Waals surface area contributed by atoms with E-state index in [1.165, 1.54) is 27.0 Å². The smallest absolute Gasteiger partial charge is 0.267 e. The summed E-state index contributed by atoms with van der Waals surface area (Å²) in [5.41, 5.74) is 1.94. The Morgan fingerprint density at radius 1 is 1.48 bits per heavy atom. The molecule has 1 N–H and O–H groups in total. The first-order valence-electron chi connectivity index (χ1n) is 7.22. The van der Waals surface area contributed by atoms with E-state index in [1.807, 2.05) is 18.4 Å². The zero-order valence-corrected chi connectivity index (χ0v) is 15.3. The van der Waals surface area contributed by atoms with Gasteiger partial charge in [-0.1, -0.05) is 0 Å². The molecule has 0 unspecified atom stereocenters. The maximum absolute atomic E-state index is 12.2. The Labute approximate surface area is 143 Å². The van der Waals surface area contributed by atoms with Crippen LogP contribution in [0.1, 0.15) is 32.7 Å². The van der Waals surface area contributed by atoms with E-state index in [0.29, 0.717) is 29.5 Å². The molecule has 3 rings (SSSR count). The van der Waals surface area contributed by atoms with Gasteiger partial charge in [0, 0.05) is 24.4 Å². The number of amides is 1. The Morgan fingerprint density at radius 2 is 2.26 bits per heavy atom. The van der Waals surface area contributed by atoms with Gasteiger partial charge >= 0.3 is 0 Å². The van der Waals surface area contributed by atoms with E-state index in [2.05, 4.69) is 10.3 Å². The molecule has 1 amide bonds. The number of nitrogens with one attached hydrogen (secondary N) is 1. The van der Waals surface area contributed by atoms with Crippen molar-refractivity contribution in [1.29, 1.82) is 0 Å². The number of fused-ring (bicyclic) bond motifs is 1. The van der Waals surface area contributed by atoms with E-state index in [4.69, 9.17) is 0 Å². The lowest BCUT2D eigenvalue weighted by atomic mass is 10.2. The van der Waals surface area contributed by atoms with Crippen LogP contribution in [0.5, 0.6) is 0 Å². The number of thiazole rings is 1. The lowest BCUT2D eigenvalue weighted by molar-refractivity contribution is 0.103. The fourth-order valence-electron chi connectivity index (χ4n) is 2.35. The molecule has 0 radical (unpaired) electrons. The number of anilines is 1. The summed E-state index contributed by atoms with van der Waals surface area (Å²) in [6.45, 7) is 4.38. The molecule has 0 bridgehead atoms. The number of nitrogens with zero attached hydrogens (tertiary/aromatic N) is 2. The van der Waals surface area contributed by atoms with Gasteiger partial charge in [-0.3, -0.25) is 10.1 Å². The molecular formula is C14H17N3O3S3. The summed E-state index contributed by atoms with van der Waals surface area (Å²) in [7, 11) is -3.19. The minimum absolute atomic E-state index is 0.0997. The van der Waals surface area contributed by atoms with Crippen LogP contribution in [0.3, 0.4) is 0 Å². The van der Waals surface area contributed by atoms with E-state index in [1.54, 1.807) is 6.92 Å². The first-order valence-corrected chi connectivity index (χ1v) is 10.5. The van der Waals surface area contributed by atoms with Crippen molar-refractivity contribution in [2.24, 2.45) is 0 Å². The Balaban J connectivity index is 1.75. The second-order valence-corrected chi connectivity index (χ2v) is 9.57. The summed E-state index contributed by atoms with van der Waals surface area (Å²) >= 11 is 2.75. The Hall–Kier alpha value is -1.29. The van der Waals surface area contributed by atoms with Crippen LogP contribution >= 0.6 is 22.7 Å². The van der Waals surface area contributed by atoms with Crippen LogP contribution in [-0.4, -0.2) is 35.9 Å². The van der Waals surface area contributed by atoms with Crippen molar-refractivity contribution in [1.82, 2.24) is 9.29 Å². The molecule has 23 heavy (non-hydrogen) atoms. The van der Waals surface area contributed by atoms with Crippen molar-refractivity contribution in [3.05, 3.63) is 32.5 Å². The summed E-state index contributed by atoms with van der Waals surface area (Å²) < 4.78 is 25.4. The lowest BCUT2D eigenvalue weighted by Crippen LogP contribution is -2.36. The van der Waals surface area contributed by atoms with Gasteiger partial charge in [0.05, 0.1) is 16.3 Å². The second-order valence-electron chi connectivity index (χ2n) is 5.32. The van der Waals surface area contributed by atoms with E-state index in [9.17, 15) is 13.2 Å². The summed E-state index contributed by atoms with van der Waals surface area (Å²) in [5.74, 6) is -0.0742. The molecule has 0 aliphatic carbocycles. The number of aryl methyl sites for hydroxylation is 1. The number of sulfonamides is 1. The SMILES string of the molecule is CCS(=O)(=O)N1CCc2nc(NC(=O)c3cc(C)cs3)sc2C1. The van der Waals surface area contributed by atoms with E-state index >= 15 is 0 Å². The average Bonchev–Trinajstić information content (AvgIpc) is 3.11. The maximum atomic E-state index is 12.2. The molecule has 0 spiro atoms. The van der Waals surface area contributed by atoms with Crippen LogP contribution in [0.15, 0.2) is 11.4 Å². The Morgan fingerprint density at radius 3 is 2.91 bits per heavy atom. The summed E-state index contributed by atoms with van der Waals surface area (Å²) in [5, 5.41) is 5.26. The van der Waals surface area contributed by atoms with Crippen LogP contribution in [0.25, 0.3) is 0 Å². The number of rotatable bonds is 4. The molecule has 2 aromatic heterocycles. The molecule has 0 saturated carbocycles. The molecule has 9 heteroatoms. The van der Waals surface area contributed by atoms with Gasteiger partial charge in [0.25, 0.3) is 5.91 Å². The number of hydrogen-bond donors (Lipinski definition) is 1. The van der Waals surface area contributed by atoms with Crippen LogP contribution in [0.2, 0.25) is 0 Å². The van der Waals surface area contributed by atoms with Crippen molar-refractivity contribution in [2.45, 2.75) is 26.8 Å². The van der Waals surface area contributed by atoms with Crippen LogP contribution < -0.4 is 5.32 Å². The highest BCUT2D eigenvalue weighted by Gasteiger charge is 2.28. The monoisotopic (exact) mass is 371 g/mol. The van der Waals surface area contributed by atoms with Gasteiger partial charge in [0.15, 0.2) is 5.13 Å². The molecule has 1 aliphatic rings. The second kappa shape index (κ2) is 6.31. The number of aromatic nitrogens is 1. The number of thiophene rings is 1. The van der Waals surface area contributed by atoms with E-state index < -0.39 is 10.0 Å². The van der Waals surface area contributed by atoms with Gasteiger partial charge in [-0.2, -0.15) is 4.31 Å². The minimum atomic E-state index is -3.19. The summed E-state index contributed by atoms with van der Waals surface area (Å²) in [4.78, 5) is 18.2. The zero-order chi connectivity index (χ0) is 16.6. The zero-order valence-electron chi connectivity index (χ0n) is 12.8. The van der Waals surface area contributed by atoms with E-state index in [0.717, 1.165) is 16.1 Å². The highest BCUT2D eigenvalue weighted by molar-refractivity contribution is 7.89. The maximum Gasteiger partial charge on any atom is 0.267 e. The van der Waals surface area contributed by atoms with Crippen molar-refractivity contribution in [3.63, 3.8) is 0 Å². The first-order chi connectivity index (χ1) is 10.9. The highest BCUT2D eigenvalue weighted by atomic mass is 32.2. The van der Waals surface area contributed by atoms with Gasteiger partial charge < -0.3 is 0 Å². The van der Waals surface area contributed by atoms with Crippen LogP contribution in [-0.2, 0) is 23.0 Å². The van der Waals surface area contributed by atoms with Crippen LogP contribution in [0, 0.1) is 6.92 Å². The number of hydrogen-bond acceptors (Lipinski definition) is 6. The standard InChI is InChI=1S/C14H17N3O3S3/c1-3-23(19,20)17-5-4-10-12(7-17)22-14(15-10)16-13(18)11-6-9(2)8-21-11/h6,8H,3-5,7H2,1-2H3,(H,15,16,18). The lowest BCUT2D eigenvalue weighted by Gasteiger charge is -2.24. The molecule has 1 aliphatic heterocycles. The highest BCUT2D eigenvalue weighted by Crippen LogP contribution is 2.30. The molecule has 6 nitrogen and oxygen atoms in total. The summed E-state index contributed by atoms with van der Waals surface area (Å²) in [6.07, 6.45) is 0.582. The first kappa shape index (κ1) is 16.6. The van der Waals surface area contributed by atoms with Crippen molar-refractivity contribution in [2.75, 3.05) is 17.6 Å². The molecule has 0 atom stereocenters. The summed E-state index contributed by atoms with van der Waals surface area (Å²) in [6, 6.07) is 1.84. The van der Waals surface area contributed by atoms with Crippen molar-refractivity contribution in [3.8, 4) is 0 Å². The third kappa shape index (κ3) is 3.47. The molecule has 124 valence electrons. The largest absolute Gasteiger partial charge is 0.297 e. The van der Waals surface area contributed by atoms with E-state index in [-0.39, 0.29) is 11.7 Å². The number of carbonyl (C=O) groups excluding carboxylic acids is 1. The quantitative estimate of drug-likeness (QED) is 0.895. The average molecular weight is 372 g/mol. The number of carbonyl (C=O) groups is 1. The molecule has 0 aromatic carbocycles.